The number of nitrogens with one attached hydrogen (secondary N) is 1. The Hall–Kier alpha value is -2.26. The number of fused-ring (bicyclic) bond motifs is 1. The van der Waals surface area contributed by atoms with E-state index in [2.05, 4.69) is 5.32 Å². The third-order valence-corrected chi connectivity index (χ3v) is 3.57. The van der Waals surface area contributed by atoms with Crippen LogP contribution >= 0.6 is 11.6 Å². The number of amides is 1. The minimum atomic E-state index is -0.269. The van der Waals surface area contributed by atoms with Gasteiger partial charge in [-0.2, -0.15) is 0 Å². The van der Waals surface area contributed by atoms with E-state index >= 15 is 0 Å². The maximum Gasteiger partial charge on any atom is 0.291 e. The number of anilines is 1. The third-order valence-electron chi connectivity index (χ3n) is 3.33. The number of hydrogen-bond donors (Lipinski definition) is 1. The lowest BCUT2D eigenvalue weighted by molar-refractivity contribution is 0.0998. The van der Waals surface area contributed by atoms with Crippen LogP contribution < -0.4 is 5.32 Å². The second kappa shape index (κ2) is 5.26. The molecule has 0 bridgehead atoms. The van der Waals surface area contributed by atoms with E-state index in [1.165, 1.54) is 0 Å². The molecule has 0 saturated heterocycles. The standard InChI is InChI=1S/C17H14ClNO2/c1-10-3-5-14(11(2)7-10)19-17(20)16-9-12-8-13(18)4-6-15(12)21-16/h3-9H,1-2H3,(H,19,20). The summed E-state index contributed by atoms with van der Waals surface area (Å²) >= 11 is 5.93. The molecule has 4 heteroatoms. The monoisotopic (exact) mass is 299 g/mol. The number of carbonyl (C=O) groups excluding carboxylic acids is 1. The Morgan fingerprint density at radius 3 is 2.67 bits per heavy atom. The van der Waals surface area contributed by atoms with Crippen LogP contribution in [-0.2, 0) is 0 Å². The zero-order valence-corrected chi connectivity index (χ0v) is 12.5. The van der Waals surface area contributed by atoms with E-state index in [0.29, 0.717) is 10.6 Å². The predicted octanol–water partition coefficient (Wildman–Crippen LogP) is 4.96. The van der Waals surface area contributed by atoms with Crippen LogP contribution in [0.15, 0.2) is 46.9 Å². The first kappa shape index (κ1) is 13.7. The summed E-state index contributed by atoms with van der Waals surface area (Å²) in [6, 6.07) is 12.8. The molecule has 0 atom stereocenters. The molecule has 3 rings (SSSR count). The molecular weight excluding hydrogens is 286 g/mol. The van der Waals surface area contributed by atoms with E-state index in [1.807, 2.05) is 32.0 Å². The Kier molecular flexibility index (Phi) is 3.43. The SMILES string of the molecule is Cc1ccc(NC(=O)c2cc3cc(Cl)ccc3o2)c(C)c1. The molecule has 3 nitrogen and oxygen atoms in total. The van der Waals surface area contributed by atoms with Crippen molar-refractivity contribution >= 4 is 34.2 Å². The summed E-state index contributed by atoms with van der Waals surface area (Å²) in [5.41, 5.74) is 3.60. The van der Waals surface area contributed by atoms with E-state index < -0.39 is 0 Å². The van der Waals surface area contributed by atoms with Crippen molar-refractivity contribution in [3.63, 3.8) is 0 Å². The number of carbonyl (C=O) groups is 1. The lowest BCUT2D eigenvalue weighted by Crippen LogP contribution is -2.11. The van der Waals surface area contributed by atoms with E-state index in [9.17, 15) is 4.79 Å². The van der Waals surface area contributed by atoms with Gasteiger partial charge in [0.05, 0.1) is 0 Å². The van der Waals surface area contributed by atoms with Gasteiger partial charge < -0.3 is 9.73 Å². The number of benzene rings is 2. The maximum absolute atomic E-state index is 12.3. The van der Waals surface area contributed by atoms with Gasteiger partial charge in [0.25, 0.3) is 5.91 Å². The normalized spacial score (nSPS) is 10.8. The van der Waals surface area contributed by atoms with Crippen molar-refractivity contribution in [2.45, 2.75) is 13.8 Å². The van der Waals surface area contributed by atoms with Crippen LogP contribution in [0.3, 0.4) is 0 Å². The Bertz CT molecular complexity index is 836. The molecule has 0 aliphatic carbocycles. The van der Waals surface area contributed by atoms with Crippen LogP contribution in [0.4, 0.5) is 5.69 Å². The molecule has 1 amide bonds. The van der Waals surface area contributed by atoms with Gasteiger partial charge in [-0.1, -0.05) is 29.3 Å². The maximum atomic E-state index is 12.3. The summed E-state index contributed by atoms with van der Waals surface area (Å²) in [4.78, 5) is 12.3. The Morgan fingerprint density at radius 2 is 1.90 bits per heavy atom. The van der Waals surface area contributed by atoms with E-state index in [-0.39, 0.29) is 11.7 Å². The van der Waals surface area contributed by atoms with Gasteiger partial charge in [-0.15, -0.1) is 0 Å². The van der Waals surface area contributed by atoms with Crippen LogP contribution in [0.1, 0.15) is 21.7 Å². The molecule has 1 aromatic heterocycles. The minimum absolute atomic E-state index is 0.269. The summed E-state index contributed by atoms with van der Waals surface area (Å²) in [6.45, 7) is 3.97. The summed E-state index contributed by atoms with van der Waals surface area (Å²) in [6.07, 6.45) is 0. The number of halogens is 1. The van der Waals surface area contributed by atoms with Crippen molar-refractivity contribution in [1.82, 2.24) is 0 Å². The van der Waals surface area contributed by atoms with Crippen molar-refractivity contribution < 1.29 is 9.21 Å². The number of rotatable bonds is 2. The smallest absolute Gasteiger partial charge is 0.291 e. The van der Waals surface area contributed by atoms with Gasteiger partial charge in [0.15, 0.2) is 5.76 Å². The number of hydrogen-bond acceptors (Lipinski definition) is 2. The molecule has 0 saturated carbocycles. The average molecular weight is 300 g/mol. The molecule has 2 aromatic carbocycles. The first-order valence-electron chi connectivity index (χ1n) is 6.60. The van der Waals surface area contributed by atoms with Gasteiger partial charge in [-0.25, -0.2) is 0 Å². The highest BCUT2D eigenvalue weighted by Gasteiger charge is 2.13. The zero-order chi connectivity index (χ0) is 15.0. The molecule has 0 spiro atoms. The van der Waals surface area contributed by atoms with Gasteiger partial charge in [-0.05, 0) is 49.7 Å². The summed E-state index contributed by atoms with van der Waals surface area (Å²) in [5, 5.41) is 4.29. The lowest BCUT2D eigenvalue weighted by atomic mass is 10.1. The zero-order valence-electron chi connectivity index (χ0n) is 11.7. The average Bonchev–Trinajstić information content (AvgIpc) is 2.85. The Labute approximate surface area is 127 Å². The molecule has 3 aromatic rings. The topological polar surface area (TPSA) is 42.2 Å². The molecule has 1 heterocycles. The van der Waals surface area contributed by atoms with Gasteiger partial charge in [0.2, 0.25) is 0 Å². The van der Waals surface area contributed by atoms with E-state index in [0.717, 1.165) is 22.2 Å². The molecule has 106 valence electrons. The second-order valence-corrected chi connectivity index (χ2v) is 5.50. The van der Waals surface area contributed by atoms with Gasteiger partial charge in [0.1, 0.15) is 5.58 Å². The fourth-order valence-corrected chi connectivity index (χ4v) is 2.44. The van der Waals surface area contributed by atoms with Gasteiger partial charge in [0, 0.05) is 16.1 Å². The summed E-state index contributed by atoms with van der Waals surface area (Å²) < 4.78 is 5.55. The van der Waals surface area contributed by atoms with Crippen LogP contribution in [0.25, 0.3) is 11.0 Å². The summed E-state index contributed by atoms with van der Waals surface area (Å²) in [7, 11) is 0. The van der Waals surface area contributed by atoms with Crippen LogP contribution in [0, 0.1) is 13.8 Å². The first-order chi connectivity index (χ1) is 10.0. The molecule has 1 N–H and O–H groups in total. The lowest BCUT2D eigenvalue weighted by Gasteiger charge is -2.07. The van der Waals surface area contributed by atoms with E-state index in [1.54, 1.807) is 24.3 Å². The van der Waals surface area contributed by atoms with Crippen molar-refractivity contribution in [2.75, 3.05) is 5.32 Å². The van der Waals surface area contributed by atoms with Gasteiger partial charge in [-0.3, -0.25) is 4.79 Å². The molecule has 0 fully saturated rings. The summed E-state index contributed by atoms with van der Waals surface area (Å²) in [5.74, 6) is 0.00140. The van der Waals surface area contributed by atoms with Crippen molar-refractivity contribution in [3.05, 3.63) is 64.4 Å². The fraction of sp³-hybridized carbons (Fsp3) is 0.118. The van der Waals surface area contributed by atoms with E-state index in [4.69, 9.17) is 16.0 Å². The van der Waals surface area contributed by atoms with Crippen molar-refractivity contribution in [1.29, 1.82) is 0 Å². The van der Waals surface area contributed by atoms with Crippen molar-refractivity contribution in [2.24, 2.45) is 0 Å². The second-order valence-electron chi connectivity index (χ2n) is 5.07. The predicted molar refractivity (Wildman–Crippen MR) is 85.1 cm³/mol. The van der Waals surface area contributed by atoms with Crippen LogP contribution in [0.5, 0.6) is 0 Å². The molecule has 0 unspecified atom stereocenters. The first-order valence-corrected chi connectivity index (χ1v) is 6.98. The van der Waals surface area contributed by atoms with Gasteiger partial charge >= 0.3 is 0 Å². The third kappa shape index (κ3) is 2.78. The fourth-order valence-electron chi connectivity index (χ4n) is 2.26. The number of aryl methyl sites for hydroxylation is 2. The highest BCUT2D eigenvalue weighted by Crippen LogP contribution is 2.24. The molecule has 0 aliphatic heterocycles. The quantitative estimate of drug-likeness (QED) is 0.727. The Morgan fingerprint density at radius 1 is 1.10 bits per heavy atom. The highest BCUT2D eigenvalue weighted by atomic mass is 35.5. The van der Waals surface area contributed by atoms with Crippen LogP contribution in [-0.4, -0.2) is 5.91 Å². The number of furan rings is 1. The minimum Gasteiger partial charge on any atom is -0.451 e. The van der Waals surface area contributed by atoms with Crippen molar-refractivity contribution in [3.8, 4) is 0 Å². The largest absolute Gasteiger partial charge is 0.451 e. The molecular formula is C17H14ClNO2. The molecule has 0 aliphatic rings. The molecule has 21 heavy (non-hydrogen) atoms. The molecule has 0 radical (unpaired) electrons. The Balaban J connectivity index is 1.89. The van der Waals surface area contributed by atoms with Crippen LogP contribution in [0.2, 0.25) is 5.02 Å². The highest BCUT2D eigenvalue weighted by molar-refractivity contribution is 6.31.